The van der Waals surface area contributed by atoms with Crippen LogP contribution in [0.1, 0.15) is 28.7 Å². The van der Waals surface area contributed by atoms with Crippen LogP contribution in [0.25, 0.3) is 6.08 Å². The van der Waals surface area contributed by atoms with Crippen molar-refractivity contribution in [2.24, 2.45) is 0 Å². The molecule has 0 aliphatic rings. The molecule has 0 N–H and O–H groups in total. The molecule has 172 valence electrons. The Morgan fingerprint density at radius 1 is 0.529 bits per heavy atom. The number of aryl methyl sites for hydroxylation is 1. The zero-order chi connectivity index (χ0) is 23.3. The minimum Gasteiger partial charge on any atom is -0.494 e. The second-order valence-electron chi connectivity index (χ2n) is 8.25. The number of benzene rings is 4. The average molecular weight is 449 g/mol. The summed E-state index contributed by atoms with van der Waals surface area (Å²) in [5, 5.41) is 0. The van der Waals surface area contributed by atoms with E-state index >= 15 is 0 Å². The van der Waals surface area contributed by atoms with Crippen molar-refractivity contribution in [2.75, 3.05) is 13.2 Å². The topological polar surface area (TPSA) is 18.5 Å². The Balaban J connectivity index is 1.42. The molecular weight excluding hydrogens is 416 g/mol. The molecule has 0 atom stereocenters. The van der Waals surface area contributed by atoms with E-state index in [4.69, 9.17) is 9.47 Å². The number of hydrogen-bond acceptors (Lipinski definition) is 2. The molecule has 0 aromatic heterocycles. The van der Waals surface area contributed by atoms with E-state index in [1.807, 2.05) is 66.7 Å². The van der Waals surface area contributed by atoms with Gasteiger partial charge in [0.05, 0.1) is 13.2 Å². The summed E-state index contributed by atoms with van der Waals surface area (Å²) in [5.74, 6) is 1.85. The van der Waals surface area contributed by atoms with E-state index in [0.717, 1.165) is 37.2 Å². The van der Waals surface area contributed by atoms with Gasteiger partial charge in [0.15, 0.2) is 0 Å². The van der Waals surface area contributed by atoms with Gasteiger partial charge in [-0.3, -0.25) is 0 Å². The Bertz CT molecular complexity index is 1140. The average Bonchev–Trinajstić information content (AvgIpc) is 2.89. The Hall–Kier alpha value is -3.78. The third-order valence-electron chi connectivity index (χ3n) is 5.78. The zero-order valence-corrected chi connectivity index (χ0v) is 19.6. The summed E-state index contributed by atoms with van der Waals surface area (Å²) < 4.78 is 11.9. The van der Waals surface area contributed by atoms with Gasteiger partial charge in [-0.05, 0) is 65.8 Å². The van der Waals surface area contributed by atoms with Crippen molar-refractivity contribution < 1.29 is 9.47 Å². The first kappa shape index (κ1) is 23.4. The van der Waals surface area contributed by atoms with E-state index in [9.17, 15) is 0 Å². The smallest absolute Gasteiger partial charge is 0.119 e. The highest BCUT2D eigenvalue weighted by atomic mass is 16.5. The quantitative estimate of drug-likeness (QED) is 0.208. The van der Waals surface area contributed by atoms with Gasteiger partial charge < -0.3 is 9.47 Å². The molecule has 2 nitrogen and oxygen atoms in total. The summed E-state index contributed by atoms with van der Waals surface area (Å²) in [4.78, 5) is 0. The van der Waals surface area contributed by atoms with Gasteiger partial charge in [0.25, 0.3) is 0 Å². The molecule has 4 aromatic rings. The van der Waals surface area contributed by atoms with Gasteiger partial charge in [-0.25, -0.2) is 0 Å². The Kier molecular flexibility index (Phi) is 8.98. The van der Waals surface area contributed by atoms with Crippen molar-refractivity contribution in [3.63, 3.8) is 0 Å². The van der Waals surface area contributed by atoms with E-state index < -0.39 is 0 Å². The molecule has 0 saturated carbocycles. The first-order valence-corrected chi connectivity index (χ1v) is 12.1. The van der Waals surface area contributed by atoms with E-state index in [1.165, 1.54) is 22.3 Å². The summed E-state index contributed by atoms with van der Waals surface area (Å²) in [5.41, 5.74) is 5.38. The SMILES string of the molecule is C(=Cc1ccccc1)Cc1cccc(CCCOc2ccccc2)c1CCOc1ccccc1. The van der Waals surface area contributed by atoms with Crippen LogP contribution in [0.2, 0.25) is 0 Å². The molecule has 0 amide bonds. The van der Waals surface area contributed by atoms with Crippen LogP contribution in [-0.4, -0.2) is 13.2 Å². The van der Waals surface area contributed by atoms with Gasteiger partial charge in [-0.1, -0.05) is 97.1 Å². The van der Waals surface area contributed by atoms with Gasteiger partial charge in [0.2, 0.25) is 0 Å². The third kappa shape index (κ3) is 7.38. The maximum Gasteiger partial charge on any atom is 0.119 e. The molecule has 4 aromatic carbocycles. The summed E-state index contributed by atoms with van der Waals surface area (Å²) in [6.45, 7) is 1.37. The van der Waals surface area contributed by atoms with Crippen LogP contribution in [0.4, 0.5) is 0 Å². The molecule has 0 aliphatic carbocycles. The number of allylic oxidation sites excluding steroid dienone is 1. The summed E-state index contributed by atoms with van der Waals surface area (Å²) in [7, 11) is 0. The minimum absolute atomic E-state index is 0.664. The van der Waals surface area contributed by atoms with Crippen LogP contribution < -0.4 is 9.47 Å². The Morgan fingerprint density at radius 3 is 1.79 bits per heavy atom. The summed E-state index contributed by atoms with van der Waals surface area (Å²) >= 11 is 0. The molecule has 2 heteroatoms. The van der Waals surface area contributed by atoms with Crippen molar-refractivity contribution in [3.8, 4) is 11.5 Å². The molecule has 0 unspecified atom stereocenters. The number of rotatable bonds is 12. The molecule has 0 saturated heterocycles. The fourth-order valence-electron chi connectivity index (χ4n) is 4.08. The van der Waals surface area contributed by atoms with Gasteiger partial charge in [0, 0.05) is 6.42 Å². The monoisotopic (exact) mass is 448 g/mol. The van der Waals surface area contributed by atoms with Crippen LogP contribution in [-0.2, 0) is 19.3 Å². The second-order valence-corrected chi connectivity index (χ2v) is 8.25. The van der Waals surface area contributed by atoms with Crippen LogP contribution in [0.15, 0.2) is 115 Å². The largest absolute Gasteiger partial charge is 0.494 e. The molecule has 0 heterocycles. The molecule has 0 bridgehead atoms. The highest BCUT2D eigenvalue weighted by Crippen LogP contribution is 2.21. The lowest BCUT2D eigenvalue weighted by Crippen LogP contribution is -2.08. The molecular formula is C32H32O2. The lowest BCUT2D eigenvalue weighted by atomic mass is 9.93. The highest BCUT2D eigenvalue weighted by Gasteiger charge is 2.09. The van der Waals surface area contributed by atoms with E-state index in [2.05, 4.69) is 54.6 Å². The van der Waals surface area contributed by atoms with Crippen molar-refractivity contribution in [1.29, 1.82) is 0 Å². The number of ether oxygens (including phenoxy) is 2. The zero-order valence-electron chi connectivity index (χ0n) is 19.6. The lowest BCUT2D eigenvalue weighted by molar-refractivity contribution is 0.310. The molecule has 0 spiro atoms. The third-order valence-corrected chi connectivity index (χ3v) is 5.78. The second kappa shape index (κ2) is 13.1. The van der Waals surface area contributed by atoms with Gasteiger partial charge in [0.1, 0.15) is 11.5 Å². The first-order chi connectivity index (χ1) is 16.9. The van der Waals surface area contributed by atoms with Gasteiger partial charge in [-0.2, -0.15) is 0 Å². The van der Waals surface area contributed by atoms with E-state index in [0.29, 0.717) is 13.2 Å². The van der Waals surface area contributed by atoms with Crippen LogP contribution in [0.5, 0.6) is 11.5 Å². The fraction of sp³-hybridized carbons (Fsp3) is 0.188. The molecule has 0 fully saturated rings. The predicted molar refractivity (Wildman–Crippen MR) is 142 cm³/mol. The maximum absolute atomic E-state index is 6.03. The number of para-hydroxylation sites is 2. The highest BCUT2D eigenvalue weighted by molar-refractivity contribution is 5.50. The molecule has 4 rings (SSSR count). The molecule has 0 aliphatic heterocycles. The first-order valence-electron chi connectivity index (χ1n) is 12.1. The van der Waals surface area contributed by atoms with Crippen molar-refractivity contribution in [1.82, 2.24) is 0 Å². The Labute approximate surface area is 203 Å². The van der Waals surface area contributed by atoms with E-state index in [1.54, 1.807) is 0 Å². The predicted octanol–water partition coefficient (Wildman–Crippen LogP) is 7.58. The van der Waals surface area contributed by atoms with Crippen molar-refractivity contribution in [3.05, 3.63) is 138 Å². The van der Waals surface area contributed by atoms with E-state index in [-0.39, 0.29) is 0 Å². The normalized spacial score (nSPS) is 10.9. The minimum atomic E-state index is 0.664. The molecule has 0 radical (unpaired) electrons. The van der Waals surface area contributed by atoms with Crippen LogP contribution in [0, 0.1) is 0 Å². The Morgan fingerprint density at radius 2 is 1.12 bits per heavy atom. The summed E-state index contributed by atoms with van der Waals surface area (Å²) in [6, 6.07) is 37.2. The van der Waals surface area contributed by atoms with Crippen LogP contribution in [0.3, 0.4) is 0 Å². The van der Waals surface area contributed by atoms with Crippen molar-refractivity contribution >= 4 is 6.08 Å². The molecule has 34 heavy (non-hydrogen) atoms. The fourth-order valence-corrected chi connectivity index (χ4v) is 4.08. The van der Waals surface area contributed by atoms with Crippen molar-refractivity contribution in [2.45, 2.75) is 25.7 Å². The van der Waals surface area contributed by atoms with Crippen LogP contribution >= 0.6 is 0 Å². The lowest BCUT2D eigenvalue weighted by Gasteiger charge is -2.15. The number of hydrogen-bond donors (Lipinski definition) is 0. The summed E-state index contributed by atoms with van der Waals surface area (Å²) in [6.07, 6.45) is 8.22. The standard InChI is InChI=1S/C32H32O2/c1-4-13-27(14-5-1)15-10-16-28-17-11-18-29(19-12-25-33-30-20-6-2-7-21-30)32(28)24-26-34-31-22-8-3-9-23-31/h1-11,13-15,17-18,20-23H,12,16,19,24-26H2. The van der Waals surface area contributed by atoms with Gasteiger partial charge >= 0.3 is 0 Å². The van der Waals surface area contributed by atoms with Gasteiger partial charge in [-0.15, -0.1) is 0 Å². The maximum atomic E-state index is 6.03.